The van der Waals surface area contributed by atoms with Crippen LogP contribution in [0.15, 0.2) is 66.9 Å². The molecule has 5 nitrogen and oxygen atoms in total. The first kappa shape index (κ1) is 18.9. The molecule has 1 amide bonds. The lowest BCUT2D eigenvalue weighted by Crippen LogP contribution is -2.49. The monoisotopic (exact) mass is 394 g/mol. The summed E-state index contributed by atoms with van der Waals surface area (Å²) in [5.74, 6) is -0.669. The van der Waals surface area contributed by atoms with E-state index in [0.29, 0.717) is 37.6 Å². The number of pyridine rings is 1. The maximum Gasteiger partial charge on any atom is 0.272 e. The molecule has 2 aromatic carbocycles. The van der Waals surface area contributed by atoms with Crippen molar-refractivity contribution >= 4 is 23.0 Å². The van der Waals surface area contributed by atoms with Gasteiger partial charge >= 0.3 is 0 Å². The highest BCUT2D eigenvalue weighted by Gasteiger charge is 2.23. The summed E-state index contributed by atoms with van der Waals surface area (Å²) in [6.07, 6.45) is 1.59. The summed E-state index contributed by atoms with van der Waals surface area (Å²) < 4.78 is 26.1. The van der Waals surface area contributed by atoms with Crippen LogP contribution in [0, 0.1) is 11.6 Å². The van der Waals surface area contributed by atoms with E-state index in [9.17, 15) is 13.6 Å². The van der Waals surface area contributed by atoms with Gasteiger partial charge in [-0.05, 0) is 60.7 Å². The molecule has 1 aliphatic rings. The van der Waals surface area contributed by atoms with Crippen LogP contribution < -0.4 is 10.2 Å². The normalized spacial score (nSPS) is 14.0. The minimum absolute atomic E-state index is 0.114. The van der Waals surface area contributed by atoms with Gasteiger partial charge in [0.25, 0.3) is 5.91 Å². The molecule has 0 aliphatic carbocycles. The van der Waals surface area contributed by atoms with Crippen LogP contribution in [-0.4, -0.2) is 42.0 Å². The van der Waals surface area contributed by atoms with Gasteiger partial charge in [-0.3, -0.25) is 4.79 Å². The van der Waals surface area contributed by atoms with Gasteiger partial charge < -0.3 is 15.1 Å². The van der Waals surface area contributed by atoms with Crippen LogP contribution in [0.5, 0.6) is 0 Å². The Bertz CT molecular complexity index is 967. The number of nitrogens with one attached hydrogen (secondary N) is 1. The lowest BCUT2D eigenvalue weighted by atomic mass is 10.2. The number of carbonyl (C=O) groups excluding carboxylic acids is 1. The Morgan fingerprint density at radius 2 is 1.38 bits per heavy atom. The molecule has 2 heterocycles. The first-order chi connectivity index (χ1) is 14.1. The van der Waals surface area contributed by atoms with Crippen molar-refractivity contribution in [2.45, 2.75) is 0 Å². The zero-order valence-corrected chi connectivity index (χ0v) is 15.7. The quantitative estimate of drug-likeness (QED) is 0.725. The van der Waals surface area contributed by atoms with Crippen molar-refractivity contribution in [2.75, 3.05) is 36.4 Å². The fraction of sp³-hybridized carbons (Fsp3) is 0.182. The number of halogens is 2. The molecular weight excluding hydrogens is 374 g/mol. The summed E-state index contributed by atoms with van der Waals surface area (Å²) >= 11 is 0. The number of anilines is 3. The number of rotatable bonds is 4. The summed E-state index contributed by atoms with van der Waals surface area (Å²) in [7, 11) is 0. The van der Waals surface area contributed by atoms with Crippen LogP contribution in [0.4, 0.5) is 25.8 Å². The number of piperazine rings is 1. The number of benzene rings is 2. The van der Waals surface area contributed by atoms with Crippen molar-refractivity contribution in [3.05, 3.63) is 84.2 Å². The van der Waals surface area contributed by atoms with Gasteiger partial charge in [-0.25, -0.2) is 13.8 Å². The predicted octanol–water partition coefficient (Wildman–Crippen LogP) is 4.07. The zero-order chi connectivity index (χ0) is 20.2. The Hall–Kier alpha value is -3.48. The first-order valence-electron chi connectivity index (χ1n) is 9.37. The number of nitrogens with zero attached hydrogens (tertiary/aromatic N) is 3. The van der Waals surface area contributed by atoms with Crippen LogP contribution in [0.25, 0.3) is 0 Å². The largest absolute Gasteiger partial charge is 0.368 e. The summed E-state index contributed by atoms with van der Waals surface area (Å²) in [6, 6.07) is 15.9. The maximum absolute atomic E-state index is 13.1. The van der Waals surface area contributed by atoms with E-state index in [0.717, 1.165) is 11.4 Å². The zero-order valence-electron chi connectivity index (χ0n) is 15.7. The molecule has 3 aromatic rings. The van der Waals surface area contributed by atoms with Gasteiger partial charge in [0.1, 0.15) is 17.3 Å². The highest BCUT2D eigenvalue weighted by atomic mass is 19.1. The fourth-order valence-electron chi connectivity index (χ4n) is 3.28. The Balaban J connectivity index is 1.35. The minimum atomic E-state index is -0.297. The lowest BCUT2D eigenvalue weighted by molar-refractivity contribution is 0.0741. The molecule has 148 valence electrons. The molecule has 1 fully saturated rings. The van der Waals surface area contributed by atoms with Crippen molar-refractivity contribution in [1.82, 2.24) is 9.88 Å². The van der Waals surface area contributed by atoms with E-state index in [-0.39, 0.29) is 17.5 Å². The highest BCUT2D eigenvalue weighted by molar-refractivity contribution is 5.92. The highest BCUT2D eigenvalue weighted by Crippen LogP contribution is 2.19. The SMILES string of the molecule is O=C(c1ccc(Nc2ccc(F)cc2)cn1)N1CCN(c2ccc(F)cc2)CC1. The molecule has 0 bridgehead atoms. The van der Waals surface area contributed by atoms with Crippen LogP contribution in [-0.2, 0) is 0 Å². The van der Waals surface area contributed by atoms with Gasteiger partial charge in [-0.15, -0.1) is 0 Å². The molecule has 1 aromatic heterocycles. The van der Waals surface area contributed by atoms with Gasteiger partial charge in [0.15, 0.2) is 0 Å². The molecule has 1 N–H and O–H groups in total. The molecule has 29 heavy (non-hydrogen) atoms. The van der Waals surface area contributed by atoms with E-state index in [1.54, 1.807) is 47.5 Å². The second-order valence-corrected chi connectivity index (χ2v) is 6.82. The van der Waals surface area contributed by atoms with Gasteiger partial charge in [-0.1, -0.05) is 0 Å². The lowest BCUT2D eigenvalue weighted by Gasteiger charge is -2.36. The molecule has 0 radical (unpaired) electrons. The van der Waals surface area contributed by atoms with Crippen molar-refractivity contribution < 1.29 is 13.6 Å². The van der Waals surface area contributed by atoms with E-state index < -0.39 is 0 Å². The molecule has 7 heteroatoms. The summed E-state index contributed by atoms with van der Waals surface area (Å²) in [5.41, 5.74) is 2.79. The molecule has 0 saturated carbocycles. The molecule has 0 unspecified atom stereocenters. The van der Waals surface area contributed by atoms with Crippen molar-refractivity contribution in [3.8, 4) is 0 Å². The second-order valence-electron chi connectivity index (χ2n) is 6.82. The summed E-state index contributed by atoms with van der Waals surface area (Å²) in [6.45, 7) is 2.52. The van der Waals surface area contributed by atoms with Gasteiger partial charge in [0.2, 0.25) is 0 Å². The number of hydrogen-bond acceptors (Lipinski definition) is 4. The predicted molar refractivity (Wildman–Crippen MR) is 108 cm³/mol. The van der Waals surface area contributed by atoms with E-state index in [4.69, 9.17) is 0 Å². The molecule has 1 aliphatic heterocycles. The average molecular weight is 394 g/mol. The number of carbonyl (C=O) groups is 1. The number of aromatic nitrogens is 1. The smallest absolute Gasteiger partial charge is 0.272 e. The van der Waals surface area contributed by atoms with Crippen molar-refractivity contribution in [2.24, 2.45) is 0 Å². The Morgan fingerprint density at radius 3 is 1.97 bits per heavy atom. The van der Waals surface area contributed by atoms with Crippen molar-refractivity contribution in [3.63, 3.8) is 0 Å². The minimum Gasteiger partial charge on any atom is -0.368 e. The average Bonchev–Trinajstić information content (AvgIpc) is 2.76. The van der Waals surface area contributed by atoms with Crippen molar-refractivity contribution in [1.29, 1.82) is 0 Å². The second kappa shape index (κ2) is 8.26. The van der Waals surface area contributed by atoms with Crippen LogP contribution in [0.1, 0.15) is 10.5 Å². The third-order valence-electron chi connectivity index (χ3n) is 4.87. The van der Waals surface area contributed by atoms with E-state index in [1.165, 1.54) is 24.3 Å². The summed E-state index contributed by atoms with van der Waals surface area (Å²) in [5, 5.41) is 3.12. The van der Waals surface area contributed by atoms with Crippen LogP contribution in [0.3, 0.4) is 0 Å². The first-order valence-corrected chi connectivity index (χ1v) is 9.37. The molecule has 4 rings (SSSR count). The van der Waals surface area contributed by atoms with Crippen LogP contribution in [0.2, 0.25) is 0 Å². The molecule has 0 spiro atoms. The van der Waals surface area contributed by atoms with E-state index in [1.807, 2.05) is 0 Å². The van der Waals surface area contributed by atoms with Crippen LogP contribution >= 0.6 is 0 Å². The number of amides is 1. The standard InChI is InChI=1S/C22H20F2N4O/c23-16-1-5-18(6-2-16)26-19-7-10-21(25-15-19)22(29)28-13-11-27(12-14-28)20-8-3-17(24)4-9-20/h1-10,15,26H,11-14H2. The fourth-order valence-corrected chi connectivity index (χ4v) is 3.28. The molecule has 1 saturated heterocycles. The van der Waals surface area contributed by atoms with E-state index in [2.05, 4.69) is 15.2 Å². The van der Waals surface area contributed by atoms with Gasteiger partial charge in [-0.2, -0.15) is 0 Å². The maximum atomic E-state index is 13.1. The van der Waals surface area contributed by atoms with Gasteiger partial charge in [0.05, 0.1) is 11.9 Å². The van der Waals surface area contributed by atoms with E-state index >= 15 is 0 Å². The molecule has 0 atom stereocenters. The Kier molecular flexibility index (Phi) is 5.37. The summed E-state index contributed by atoms with van der Waals surface area (Å²) in [4.78, 5) is 20.9. The topological polar surface area (TPSA) is 48.5 Å². The third kappa shape index (κ3) is 4.51. The Morgan fingerprint density at radius 1 is 0.793 bits per heavy atom. The Labute approximate surface area is 167 Å². The molecular formula is C22H20F2N4O. The number of hydrogen-bond donors (Lipinski definition) is 1. The van der Waals surface area contributed by atoms with Gasteiger partial charge in [0, 0.05) is 37.6 Å². The third-order valence-corrected chi connectivity index (χ3v) is 4.87.